The molecule has 0 radical (unpaired) electrons. The minimum absolute atomic E-state index is 0.100. The van der Waals surface area contributed by atoms with E-state index in [1.165, 1.54) is 0 Å². The molecule has 1 N–H and O–H groups in total. The molecule has 1 aliphatic rings. The van der Waals surface area contributed by atoms with Gasteiger partial charge in [-0.1, -0.05) is 0 Å². The van der Waals surface area contributed by atoms with Gasteiger partial charge in [0.05, 0.1) is 16.4 Å². The summed E-state index contributed by atoms with van der Waals surface area (Å²) in [7, 11) is -3.11. The highest BCUT2D eigenvalue weighted by molar-refractivity contribution is 7.92. The smallest absolute Gasteiger partial charge is 0.307 e. The van der Waals surface area contributed by atoms with Gasteiger partial charge < -0.3 is 10.0 Å². The van der Waals surface area contributed by atoms with Crippen LogP contribution in [-0.4, -0.2) is 54.5 Å². The number of carboxylic acids is 1. The molecule has 17 heavy (non-hydrogen) atoms. The SMILES string of the molecule is CC(C)(C)S(=O)(=O)CCN1CCC(C(=O)O)C1. The maximum atomic E-state index is 11.9. The first-order chi connectivity index (χ1) is 7.63. The lowest BCUT2D eigenvalue weighted by atomic mass is 10.1. The van der Waals surface area contributed by atoms with Gasteiger partial charge in [0.15, 0.2) is 9.84 Å². The van der Waals surface area contributed by atoms with E-state index in [0.717, 1.165) is 0 Å². The number of carbonyl (C=O) groups is 1. The number of aliphatic carboxylic acids is 1. The highest BCUT2D eigenvalue weighted by Crippen LogP contribution is 2.19. The van der Waals surface area contributed by atoms with E-state index in [-0.39, 0.29) is 11.7 Å². The Morgan fingerprint density at radius 1 is 1.41 bits per heavy atom. The summed E-state index contributed by atoms with van der Waals surface area (Å²) in [5.74, 6) is -1.03. The van der Waals surface area contributed by atoms with Crippen molar-refractivity contribution in [2.75, 3.05) is 25.4 Å². The molecular weight excluding hydrogens is 242 g/mol. The Hall–Kier alpha value is -0.620. The Morgan fingerprint density at radius 3 is 2.41 bits per heavy atom. The molecule has 6 heteroatoms. The summed E-state index contributed by atoms with van der Waals surface area (Å²) < 4.78 is 23.0. The Morgan fingerprint density at radius 2 is 2.00 bits per heavy atom. The van der Waals surface area contributed by atoms with Crippen LogP contribution in [0.3, 0.4) is 0 Å². The molecule has 5 nitrogen and oxygen atoms in total. The van der Waals surface area contributed by atoms with Crippen LogP contribution in [0.4, 0.5) is 0 Å². The number of hydrogen-bond acceptors (Lipinski definition) is 4. The molecular formula is C11H21NO4S. The van der Waals surface area contributed by atoms with Gasteiger partial charge in [0, 0.05) is 13.1 Å². The molecule has 0 aromatic carbocycles. The number of nitrogens with zero attached hydrogens (tertiary/aromatic N) is 1. The van der Waals surface area contributed by atoms with Crippen LogP contribution in [0.5, 0.6) is 0 Å². The van der Waals surface area contributed by atoms with E-state index in [1.54, 1.807) is 20.8 Å². The summed E-state index contributed by atoms with van der Waals surface area (Å²) in [6.45, 7) is 6.64. The standard InChI is InChI=1S/C11H21NO4S/c1-11(2,3)17(15,16)7-6-12-5-4-9(8-12)10(13)14/h9H,4-8H2,1-3H3,(H,13,14). The van der Waals surface area contributed by atoms with E-state index in [1.807, 2.05) is 4.90 Å². The van der Waals surface area contributed by atoms with E-state index in [9.17, 15) is 13.2 Å². The molecule has 1 atom stereocenters. The van der Waals surface area contributed by atoms with Gasteiger partial charge in [0.2, 0.25) is 0 Å². The summed E-state index contributed by atoms with van der Waals surface area (Å²) >= 11 is 0. The second-order valence-electron chi connectivity index (χ2n) is 5.56. The lowest BCUT2D eigenvalue weighted by Crippen LogP contribution is -2.36. The fraction of sp³-hybridized carbons (Fsp3) is 0.909. The van der Waals surface area contributed by atoms with E-state index >= 15 is 0 Å². The average molecular weight is 263 g/mol. The molecule has 0 aromatic heterocycles. The van der Waals surface area contributed by atoms with Crippen LogP contribution in [0.25, 0.3) is 0 Å². The summed E-state index contributed by atoms with van der Waals surface area (Å²) in [4.78, 5) is 12.7. The maximum absolute atomic E-state index is 11.9. The van der Waals surface area contributed by atoms with Gasteiger partial charge in [0.1, 0.15) is 0 Å². The van der Waals surface area contributed by atoms with Crippen molar-refractivity contribution in [2.24, 2.45) is 5.92 Å². The van der Waals surface area contributed by atoms with Crippen LogP contribution < -0.4 is 0 Å². The maximum Gasteiger partial charge on any atom is 0.307 e. The van der Waals surface area contributed by atoms with Crippen LogP contribution in [0, 0.1) is 5.92 Å². The zero-order valence-electron chi connectivity index (χ0n) is 10.6. The Kier molecular flexibility index (Phi) is 4.19. The minimum Gasteiger partial charge on any atom is -0.481 e. The van der Waals surface area contributed by atoms with Gasteiger partial charge in [-0.05, 0) is 33.7 Å². The third-order valence-electron chi connectivity index (χ3n) is 3.23. The van der Waals surface area contributed by atoms with Gasteiger partial charge >= 0.3 is 5.97 Å². The van der Waals surface area contributed by atoms with E-state index in [4.69, 9.17) is 5.11 Å². The monoisotopic (exact) mass is 263 g/mol. The van der Waals surface area contributed by atoms with E-state index in [0.29, 0.717) is 26.1 Å². The average Bonchev–Trinajstić information content (AvgIpc) is 2.61. The molecule has 1 aliphatic heterocycles. The zero-order chi connectivity index (χ0) is 13.3. The van der Waals surface area contributed by atoms with Gasteiger partial charge in [-0.2, -0.15) is 0 Å². The van der Waals surface area contributed by atoms with Crippen molar-refractivity contribution in [1.29, 1.82) is 0 Å². The Balaban J connectivity index is 2.46. The van der Waals surface area contributed by atoms with Crippen molar-refractivity contribution in [2.45, 2.75) is 31.9 Å². The van der Waals surface area contributed by atoms with Crippen LogP contribution >= 0.6 is 0 Å². The highest BCUT2D eigenvalue weighted by Gasteiger charge is 2.32. The van der Waals surface area contributed by atoms with Gasteiger partial charge in [-0.25, -0.2) is 8.42 Å². The molecule has 0 spiro atoms. The first kappa shape index (κ1) is 14.4. The van der Waals surface area contributed by atoms with Gasteiger partial charge in [-0.15, -0.1) is 0 Å². The van der Waals surface area contributed by atoms with Crippen molar-refractivity contribution < 1.29 is 18.3 Å². The van der Waals surface area contributed by atoms with Crippen LogP contribution in [-0.2, 0) is 14.6 Å². The van der Waals surface area contributed by atoms with E-state index < -0.39 is 20.6 Å². The minimum atomic E-state index is -3.11. The van der Waals surface area contributed by atoms with Crippen LogP contribution in [0.1, 0.15) is 27.2 Å². The molecule has 100 valence electrons. The largest absolute Gasteiger partial charge is 0.481 e. The summed E-state index contributed by atoms with van der Waals surface area (Å²) in [6.07, 6.45) is 0.616. The third kappa shape index (κ3) is 3.67. The number of carboxylic acid groups (broad SMARTS) is 1. The molecule has 1 saturated heterocycles. The van der Waals surface area contributed by atoms with Crippen molar-refractivity contribution >= 4 is 15.8 Å². The van der Waals surface area contributed by atoms with Gasteiger partial charge in [0.25, 0.3) is 0 Å². The summed E-state index contributed by atoms with van der Waals surface area (Å²) in [5, 5.41) is 8.84. The normalized spacial score (nSPS) is 22.9. The quantitative estimate of drug-likeness (QED) is 0.804. The zero-order valence-corrected chi connectivity index (χ0v) is 11.5. The molecule has 0 aliphatic carbocycles. The molecule has 1 fully saturated rings. The molecule has 0 amide bonds. The second kappa shape index (κ2) is 4.94. The summed E-state index contributed by atoms with van der Waals surface area (Å²) in [6, 6.07) is 0. The molecule has 1 unspecified atom stereocenters. The first-order valence-corrected chi connectivity index (χ1v) is 7.46. The van der Waals surface area contributed by atoms with Gasteiger partial charge in [-0.3, -0.25) is 4.79 Å². The lowest BCUT2D eigenvalue weighted by molar-refractivity contribution is -0.141. The summed E-state index contributed by atoms with van der Waals surface area (Å²) in [5.41, 5.74) is 0. The number of likely N-dealkylation sites (tertiary alicyclic amines) is 1. The van der Waals surface area contributed by atoms with Crippen LogP contribution in [0.15, 0.2) is 0 Å². The molecule has 0 saturated carbocycles. The highest BCUT2D eigenvalue weighted by atomic mass is 32.2. The third-order valence-corrected chi connectivity index (χ3v) is 5.82. The molecule has 1 rings (SSSR count). The predicted molar refractivity (Wildman–Crippen MR) is 65.7 cm³/mol. The van der Waals surface area contributed by atoms with Crippen molar-refractivity contribution in [3.8, 4) is 0 Å². The number of rotatable bonds is 4. The fourth-order valence-electron chi connectivity index (χ4n) is 1.79. The molecule has 1 heterocycles. The Labute approximate surface area is 103 Å². The topological polar surface area (TPSA) is 74.7 Å². The van der Waals surface area contributed by atoms with Crippen molar-refractivity contribution in [3.05, 3.63) is 0 Å². The van der Waals surface area contributed by atoms with E-state index in [2.05, 4.69) is 0 Å². The number of hydrogen-bond donors (Lipinski definition) is 1. The molecule has 0 aromatic rings. The second-order valence-corrected chi connectivity index (χ2v) is 8.42. The molecule has 0 bridgehead atoms. The fourth-order valence-corrected chi connectivity index (χ4v) is 2.90. The van der Waals surface area contributed by atoms with Crippen molar-refractivity contribution in [3.63, 3.8) is 0 Å². The number of sulfone groups is 1. The predicted octanol–water partition coefficient (Wildman–Crippen LogP) is 0.606. The van der Waals surface area contributed by atoms with Crippen LogP contribution in [0.2, 0.25) is 0 Å². The first-order valence-electron chi connectivity index (χ1n) is 5.81. The Bertz CT molecular complexity index is 383. The lowest BCUT2D eigenvalue weighted by Gasteiger charge is -2.22. The van der Waals surface area contributed by atoms with Crippen molar-refractivity contribution in [1.82, 2.24) is 4.90 Å².